The number of hydrogen-bond acceptors (Lipinski definition) is 4. The van der Waals surface area contributed by atoms with Crippen molar-refractivity contribution in [2.75, 3.05) is 13.6 Å². The lowest BCUT2D eigenvalue weighted by molar-refractivity contribution is 0.796. The maximum atomic E-state index is 4.32. The van der Waals surface area contributed by atoms with Gasteiger partial charge in [-0.25, -0.2) is 4.98 Å². The quantitative estimate of drug-likeness (QED) is 0.443. The molecule has 0 saturated heterocycles. The maximum absolute atomic E-state index is 4.32. The Morgan fingerprint density at radius 1 is 1.40 bits per heavy atom. The molecule has 0 aliphatic carbocycles. The molecule has 110 valence electrons. The third-order valence-corrected chi connectivity index (χ3v) is 4.39. The van der Waals surface area contributed by atoms with Crippen LogP contribution in [0.2, 0.25) is 0 Å². The van der Waals surface area contributed by atoms with Crippen molar-refractivity contribution in [3.63, 3.8) is 0 Å². The summed E-state index contributed by atoms with van der Waals surface area (Å²) >= 11 is 3.49. The summed E-state index contributed by atoms with van der Waals surface area (Å²) in [6.45, 7) is 3.67. The second-order valence-electron chi connectivity index (χ2n) is 4.05. The fraction of sp³-hybridized carbons (Fsp3) is 0.385. The molecule has 0 saturated carbocycles. The van der Waals surface area contributed by atoms with Gasteiger partial charge in [-0.3, -0.25) is 4.99 Å². The molecule has 20 heavy (non-hydrogen) atoms. The monoisotopic (exact) mass is 422 g/mol. The summed E-state index contributed by atoms with van der Waals surface area (Å²) in [5, 5.41) is 9.76. The highest BCUT2D eigenvalue weighted by Crippen LogP contribution is 2.10. The van der Waals surface area contributed by atoms with Gasteiger partial charge < -0.3 is 10.6 Å². The molecule has 0 aromatic carbocycles. The molecule has 0 fully saturated rings. The van der Waals surface area contributed by atoms with Crippen LogP contribution in [0, 0.1) is 6.92 Å². The number of thiazole rings is 1. The summed E-state index contributed by atoms with van der Waals surface area (Å²) in [7, 11) is 1.79. The van der Waals surface area contributed by atoms with Crippen molar-refractivity contribution < 1.29 is 0 Å². The van der Waals surface area contributed by atoms with E-state index in [0.717, 1.165) is 30.5 Å². The minimum absolute atomic E-state index is 0. The predicted octanol–water partition coefficient (Wildman–Crippen LogP) is 3.04. The second-order valence-corrected chi connectivity index (χ2v) is 6.40. The smallest absolute Gasteiger partial charge is 0.191 e. The van der Waals surface area contributed by atoms with Crippen LogP contribution in [0.5, 0.6) is 0 Å². The van der Waals surface area contributed by atoms with E-state index < -0.39 is 0 Å². The number of aromatic nitrogens is 1. The molecule has 0 radical (unpaired) electrons. The van der Waals surface area contributed by atoms with Crippen molar-refractivity contribution in [1.29, 1.82) is 0 Å². The summed E-state index contributed by atoms with van der Waals surface area (Å²) in [4.78, 5) is 11.1. The first-order valence-corrected chi connectivity index (χ1v) is 7.86. The number of thiophene rings is 1. The zero-order valence-electron chi connectivity index (χ0n) is 11.5. The van der Waals surface area contributed by atoms with Crippen LogP contribution >= 0.6 is 46.7 Å². The van der Waals surface area contributed by atoms with Gasteiger partial charge in [0.1, 0.15) is 5.01 Å². The Hall–Kier alpha value is -0.670. The molecule has 2 aromatic rings. The van der Waals surface area contributed by atoms with E-state index in [2.05, 4.69) is 45.0 Å². The van der Waals surface area contributed by atoms with E-state index in [1.54, 1.807) is 29.7 Å². The van der Waals surface area contributed by atoms with Gasteiger partial charge >= 0.3 is 0 Å². The Kier molecular flexibility index (Phi) is 8.08. The van der Waals surface area contributed by atoms with Gasteiger partial charge in [0, 0.05) is 29.5 Å². The van der Waals surface area contributed by atoms with E-state index in [-0.39, 0.29) is 24.0 Å². The van der Waals surface area contributed by atoms with Gasteiger partial charge in [-0.15, -0.1) is 46.7 Å². The van der Waals surface area contributed by atoms with Gasteiger partial charge in [0.25, 0.3) is 0 Å². The molecule has 0 aliphatic rings. The molecule has 0 amide bonds. The summed E-state index contributed by atoms with van der Waals surface area (Å²) < 4.78 is 0. The summed E-state index contributed by atoms with van der Waals surface area (Å²) in [5.74, 6) is 0.824. The molecule has 4 nitrogen and oxygen atoms in total. The van der Waals surface area contributed by atoms with Gasteiger partial charge in [0.2, 0.25) is 0 Å². The summed E-state index contributed by atoms with van der Waals surface area (Å²) in [5.41, 5.74) is 0. The van der Waals surface area contributed by atoms with Crippen LogP contribution in [0.25, 0.3) is 0 Å². The SMILES string of the molecule is CN=C(NCCc1cccs1)NCc1ncc(C)s1.I. The molecule has 0 bridgehead atoms. The molecule has 0 aliphatic heterocycles. The van der Waals surface area contributed by atoms with Crippen molar-refractivity contribution in [3.8, 4) is 0 Å². The second kappa shape index (κ2) is 9.30. The third kappa shape index (κ3) is 5.76. The highest BCUT2D eigenvalue weighted by Gasteiger charge is 2.01. The number of rotatable bonds is 5. The highest BCUT2D eigenvalue weighted by molar-refractivity contribution is 14.0. The fourth-order valence-corrected chi connectivity index (χ4v) is 3.06. The van der Waals surface area contributed by atoms with Crippen LogP contribution in [0.15, 0.2) is 28.7 Å². The minimum atomic E-state index is 0. The third-order valence-electron chi connectivity index (χ3n) is 2.54. The lowest BCUT2D eigenvalue weighted by Gasteiger charge is -2.10. The predicted molar refractivity (Wildman–Crippen MR) is 98.5 cm³/mol. The molecule has 7 heteroatoms. The number of halogens is 1. The topological polar surface area (TPSA) is 49.3 Å². The Morgan fingerprint density at radius 3 is 2.85 bits per heavy atom. The Morgan fingerprint density at radius 2 is 2.25 bits per heavy atom. The molecule has 2 N–H and O–H groups in total. The largest absolute Gasteiger partial charge is 0.356 e. The zero-order chi connectivity index (χ0) is 13.5. The number of nitrogens with one attached hydrogen (secondary N) is 2. The van der Waals surface area contributed by atoms with E-state index in [0.29, 0.717) is 0 Å². The lowest BCUT2D eigenvalue weighted by atomic mass is 10.3. The Labute approximate surface area is 144 Å². The van der Waals surface area contributed by atoms with Gasteiger partial charge in [0.05, 0.1) is 6.54 Å². The molecular formula is C13H19IN4S2. The first-order valence-electron chi connectivity index (χ1n) is 6.16. The van der Waals surface area contributed by atoms with Crippen molar-refractivity contribution in [2.24, 2.45) is 4.99 Å². The van der Waals surface area contributed by atoms with Crippen LogP contribution in [0.3, 0.4) is 0 Å². The van der Waals surface area contributed by atoms with Crippen molar-refractivity contribution in [2.45, 2.75) is 19.9 Å². The molecule has 2 rings (SSSR count). The molecule has 0 unspecified atom stereocenters. The van der Waals surface area contributed by atoms with E-state index >= 15 is 0 Å². The van der Waals surface area contributed by atoms with E-state index in [9.17, 15) is 0 Å². The number of aliphatic imine (C=N–C) groups is 1. The fourth-order valence-electron chi connectivity index (χ4n) is 1.62. The first kappa shape index (κ1) is 17.4. The molecule has 2 heterocycles. The number of nitrogens with zero attached hydrogens (tertiary/aromatic N) is 2. The van der Waals surface area contributed by atoms with Crippen molar-refractivity contribution in [1.82, 2.24) is 15.6 Å². The van der Waals surface area contributed by atoms with Gasteiger partial charge in [-0.05, 0) is 24.8 Å². The van der Waals surface area contributed by atoms with Crippen LogP contribution in [-0.2, 0) is 13.0 Å². The van der Waals surface area contributed by atoms with E-state index in [1.807, 2.05) is 6.20 Å². The van der Waals surface area contributed by atoms with Crippen molar-refractivity contribution >= 4 is 52.6 Å². The lowest BCUT2D eigenvalue weighted by Crippen LogP contribution is -2.37. The van der Waals surface area contributed by atoms with Crippen LogP contribution in [0.1, 0.15) is 14.8 Å². The number of hydrogen-bond donors (Lipinski definition) is 2. The summed E-state index contributed by atoms with van der Waals surface area (Å²) in [6.07, 6.45) is 2.92. The highest BCUT2D eigenvalue weighted by atomic mass is 127. The Bertz CT molecular complexity index is 522. The van der Waals surface area contributed by atoms with E-state index in [4.69, 9.17) is 0 Å². The van der Waals surface area contributed by atoms with Crippen LogP contribution in [0.4, 0.5) is 0 Å². The van der Waals surface area contributed by atoms with Crippen LogP contribution < -0.4 is 10.6 Å². The average Bonchev–Trinajstić information content (AvgIpc) is 3.05. The van der Waals surface area contributed by atoms with E-state index in [1.165, 1.54) is 9.75 Å². The number of guanidine groups is 1. The Balaban J connectivity index is 0.00000200. The zero-order valence-corrected chi connectivity index (χ0v) is 15.5. The molecule has 0 spiro atoms. The molecule has 2 aromatic heterocycles. The van der Waals surface area contributed by atoms with Gasteiger partial charge in [0.15, 0.2) is 5.96 Å². The van der Waals surface area contributed by atoms with Gasteiger partial charge in [-0.2, -0.15) is 0 Å². The minimum Gasteiger partial charge on any atom is -0.356 e. The van der Waals surface area contributed by atoms with Crippen molar-refractivity contribution in [3.05, 3.63) is 38.5 Å². The van der Waals surface area contributed by atoms with Gasteiger partial charge in [-0.1, -0.05) is 6.07 Å². The van der Waals surface area contributed by atoms with Crippen LogP contribution in [-0.4, -0.2) is 24.5 Å². The normalized spacial score (nSPS) is 11.0. The first-order chi connectivity index (χ1) is 9.28. The molecular weight excluding hydrogens is 403 g/mol. The number of aryl methyl sites for hydroxylation is 1. The molecule has 0 atom stereocenters. The maximum Gasteiger partial charge on any atom is 0.191 e. The summed E-state index contributed by atoms with van der Waals surface area (Å²) in [6, 6.07) is 4.23. The average molecular weight is 422 g/mol. The standard InChI is InChI=1S/C13H18N4S2.HI/c1-10-8-16-12(19-10)9-17-13(14-2)15-6-5-11-4-3-7-18-11;/h3-4,7-8H,5-6,9H2,1-2H3,(H2,14,15,17);1H.